The van der Waals surface area contributed by atoms with E-state index in [1.165, 1.54) is 11.1 Å². The van der Waals surface area contributed by atoms with Crippen molar-refractivity contribution in [3.63, 3.8) is 0 Å². The van der Waals surface area contributed by atoms with Crippen molar-refractivity contribution >= 4 is 0 Å². The Balaban J connectivity index is 1.49. The van der Waals surface area contributed by atoms with Crippen LogP contribution < -0.4 is 4.74 Å². The molecule has 3 saturated heterocycles. The number of methoxy groups -OCH3 is 1. The number of benzene rings is 2. The van der Waals surface area contributed by atoms with Gasteiger partial charge in [-0.3, -0.25) is 9.80 Å². The number of ether oxygens (including phenoxy) is 1. The normalized spacial score (nSPS) is 26.5. The highest BCUT2D eigenvalue weighted by Gasteiger charge is 2.38. The molecule has 2 aromatic rings. The fourth-order valence-corrected chi connectivity index (χ4v) is 4.58. The topological polar surface area (TPSA) is 35.9 Å². The van der Waals surface area contributed by atoms with Gasteiger partial charge in [0.15, 0.2) is 0 Å². The van der Waals surface area contributed by atoms with E-state index in [0.29, 0.717) is 6.04 Å². The monoisotopic (exact) mass is 366 g/mol. The van der Waals surface area contributed by atoms with E-state index in [1.807, 2.05) is 12.1 Å². The number of aliphatic hydroxyl groups excluding tert-OH is 1. The Labute approximate surface area is 162 Å². The minimum absolute atomic E-state index is 0.201. The van der Waals surface area contributed by atoms with E-state index in [1.54, 1.807) is 7.11 Å². The van der Waals surface area contributed by atoms with Crippen LogP contribution in [-0.4, -0.2) is 53.3 Å². The van der Waals surface area contributed by atoms with Crippen molar-refractivity contribution in [2.24, 2.45) is 0 Å². The molecule has 4 heteroatoms. The molecule has 0 unspecified atom stereocenters. The highest BCUT2D eigenvalue weighted by atomic mass is 16.5. The van der Waals surface area contributed by atoms with E-state index >= 15 is 0 Å². The molecule has 1 N–H and O–H groups in total. The first-order valence-electron chi connectivity index (χ1n) is 10.1. The number of hydrogen-bond acceptors (Lipinski definition) is 4. The third-order valence-electron chi connectivity index (χ3n) is 6.11. The molecule has 2 bridgehead atoms. The van der Waals surface area contributed by atoms with Gasteiger partial charge in [-0.1, -0.05) is 42.5 Å². The van der Waals surface area contributed by atoms with Crippen molar-refractivity contribution < 1.29 is 9.84 Å². The Morgan fingerprint density at radius 1 is 0.889 bits per heavy atom. The van der Waals surface area contributed by atoms with Gasteiger partial charge >= 0.3 is 0 Å². The van der Waals surface area contributed by atoms with Gasteiger partial charge in [-0.25, -0.2) is 0 Å². The molecule has 144 valence electrons. The summed E-state index contributed by atoms with van der Waals surface area (Å²) in [5.74, 6) is 0.891. The molecule has 2 aromatic carbocycles. The molecule has 0 amide bonds. The van der Waals surface area contributed by atoms with Gasteiger partial charge in [0.25, 0.3) is 0 Å². The second-order valence-electron chi connectivity index (χ2n) is 7.91. The zero-order chi connectivity index (χ0) is 18.6. The summed E-state index contributed by atoms with van der Waals surface area (Å²) in [7, 11) is 1.70. The van der Waals surface area contributed by atoms with Gasteiger partial charge < -0.3 is 9.84 Å². The highest BCUT2D eigenvalue weighted by molar-refractivity contribution is 5.27. The molecule has 3 aliphatic heterocycles. The van der Waals surface area contributed by atoms with E-state index in [2.05, 4.69) is 52.3 Å². The summed E-state index contributed by atoms with van der Waals surface area (Å²) in [6, 6.07) is 19.8. The first kappa shape index (κ1) is 18.5. The van der Waals surface area contributed by atoms with Crippen molar-refractivity contribution in [2.45, 2.75) is 50.5 Å². The Hall–Kier alpha value is -1.88. The van der Waals surface area contributed by atoms with Crippen LogP contribution in [0.2, 0.25) is 0 Å². The minimum atomic E-state index is -0.247. The maximum absolute atomic E-state index is 10.8. The molecule has 0 aromatic heterocycles. The molecule has 0 aliphatic carbocycles. The Morgan fingerprint density at radius 2 is 1.59 bits per heavy atom. The van der Waals surface area contributed by atoms with Gasteiger partial charge in [0.2, 0.25) is 0 Å². The lowest BCUT2D eigenvalue weighted by Gasteiger charge is -2.50. The third kappa shape index (κ3) is 4.34. The van der Waals surface area contributed by atoms with Gasteiger partial charge in [-0.2, -0.15) is 0 Å². The smallest absolute Gasteiger partial charge is 0.118 e. The number of rotatable bonds is 5. The number of fused-ring (bicyclic) bond motifs is 5. The number of piperazine rings is 1. The highest BCUT2D eigenvalue weighted by Crippen LogP contribution is 2.29. The lowest BCUT2D eigenvalue weighted by Crippen LogP contribution is -2.62. The predicted octanol–water partition coefficient (Wildman–Crippen LogP) is 3.30. The van der Waals surface area contributed by atoms with Crippen LogP contribution >= 0.6 is 0 Å². The third-order valence-corrected chi connectivity index (χ3v) is 6.11. The minimum Gasteiger partial charge on any atom is -0.497 e. The Bertz CT molecular complexity index is 719. The van der Waals surface area contributed by atoms with Crippen molar-refractivity contribution in [1.29, 1.82) is 0 Å². The van der Waals surface area contributed by atoms with Gasteiger partial charge in [0, 0.05) is 38.3 Å². The van der Waals surface area contributed by atoms with Crippen molar-refractivity contribution in [3.05, 3.63) is 65.7 Å². The lowest BCUT2D eigenvalue weighted by molar-refractivity contribution is -0.0587. The molecule has 3 atom stereocenters. The molecule has 0 radical (unpaired) electrons. The van der Waals surface area contributed by atoms with Gasteiger partial charge in [-0.15, -0.1) is 0 Å². The summed E-state index contributed by atoms with van der Waals surface area (Å²) < 4.78 is 5.27. The molecular weight excluding hydrogens is 336 g/mol. The average Bonchev–Trinajstić information content (AvgIpc) is 2.69. The molecule has 27 heavy (non-hydrogen) atoms. The van der Waals surface area contributed by atoms with Gasteiger partial charge in [-0.05, 0) is 42.5 Å². The molecule has 3 aliphatic rings. The van der Waals surface area contributed by atoms with Crippen LogP contribution in [-0.2, 0) is 13.1 Å². The van der Waals surface area contributed by atoms with Crippen LogP contribution in [0, 0.1) is 0 Å². The number of nitrogens with zero attached hydrogens (tertiary/aromatic N) is 2. The summed E-state index contributed by atoms with van der Waals surface area (Å²) in [6.07, 6.45) is 2.95. The van der Waals surface area contributed by atoms with Crippen LogP contribution in [0.1, 0.15) is 30.4 Å². The summed E-state index contributed by atoms with van der Waals surface area (Å²) in [5.41, 5.74) is 2.64. The molecule has 3 fully saturated rings. The molecule has 4 nitrogen and oxygen atoms in total. The van der Waals surface area contributed by atoms with Gasteiger partial charge in [0.05, 0.1) is 13.2 Å². The van der Waals surface area contributed by atoms with E-state index < -0.39 is 0 Å². The van der Waals surface area contributed by atoms with Crippen LogP contribution in [0.4, 0.5) is 0 Å². The van der Waals surface area contributed by atoms with Crippen LogP contribution in [0.25, 0.3) is 0 Å². The predicted molar refractivity (Wildman–Crippen MR) is 108 cm³/mol. The first-order valence-corrected chi connectivity index (χ1v) is 10.1. The van der Waals surface area contributed by atoms with E-state index in [0.717, 1.165) is 51.2 Å². The summed E-state index contributed by atoms with van der Waals surface area (Å²) in [4.78, 5) is 5.09. The molecular formula is C23H30N2O2. The quantitative estimate of drug-likeness (QED) is 0.881. The Kier molecular flexibility index (Phi) is 5.77. The standard InChI is InChI=1S/C23H30N2O2/c1-27-21-12-10-19(11-13-21)15-25-16-20-8-5-9-23(26)22(25)17-24(20)14-18-6-3-2-4-7-18/h2-4,6-7,10-13,20,22-23,26H,5,8-9,14-17H2,1H3/t20-,22+,23-/m0/s1. The zero-order valence-electron chi connectivity index (χ0n) is 16.1. The van der Waals surface area contributed by atoms with E-state index in [-0.39, 0.29) is 12.1 Å². The maximum atomic E-state index is 10.8. The van der Waals surface area contributed by atoms with Gasteiger partial charge in [0.1, 0.15) is 5.75 Å². The molecule has 0 saturated carbocycles. The largest absolute Gasteiger partial charge is 0.497 e. The summed E-state index contributed by atoms with van der Waals surface area (Å²) in [5, 5.41) is 10.8. The summed E-state index contributed by atoms with van der Waals surface area (Å²) >= 11 is 0. The molecule has 0 spiro atoms. The second kappa shape index (κ2) is 8.42. The van der Waals surface area contributed by atoms with Crippen molar-refractivity contribution in [1.82, 2.24) is 9.80 Å². The Morgan fingerprint density at radius 3 is 2.33 bits per heavy atom. The fraction of sp³-hybridized carbons (Fsp3) is 0.478. The maximum Gasteiger partial charge on any atom is 0.118 e. The van der Waals surface area contributed by atoms with Crippen molar-refractivity contribution in [2.75, 3.05) is 20.2 Å². The molecule has 5 rings (SSSR count). The lowest BCUT2D eigenvalue weighted by atomic mass is 9.90. The summed E-state index contributed by atoms with van der Waals surface area (Å²) in [6.45, 7) is 3.84. The van der Waals surface area contributed by atoms with Crippen LogP contribution in [0.15, 0.2) is 54.6 Å². The zero-order valence-corrected chi connectivity index (χ0v) is 16.1. The first-order chi connectivity index (χ1) is 13.2. The SMILES string of the molecule is COc1ccc(CN2C[C@@H]3CCC[C@H](O)[C@H]2CN3Cc2ccccc2)cc1. The van der Waals surface area contributed by atoms with Crippen molar-refractivity contribution in [3.8, 4) is 5.75 Å². The number of hydrogen-bond donors (Lipinski definition) is 1. The second-order valence-corrected chi connectivity index (χ2v) is 7.91. The fourth-order valence-electron chi connectivity index (χ4n) is 4.58. The van der Waals surface area contributed by atoms with E-state index in [9.17, 15) is 5.11 Å². The average molecular weight is 367 g/mol. The number of aliphatic hydroxyl groups is 1. The van der Waals surface area contributed by atoms with E-state index in [4.69, 9.17) is 4.74 Å². The molecule has 3 heterocycles. The van der Waals surface area contributed by atoms with Crippen LogP contribution in [0.3, 0.4) is 0 Å². The van der Waals surface area contributed by atoms with Crippen LogP contribution in [0.5, 0.6) is 5.75 Å².